The van der Waals surface area contributed by atoms with Gasteiger partial charge in [0.15, 0.2) is 5.65 Å². The minimum absolute atomic E-state index is 0.00548. The van der Waals surface area contributed by atoms with E-state index >= 15 is 0 Å². The first-order valence-electron chi connectivity index (χ1n) is 8.17. The van der Waals surface area contributed by atoms with Gasteiger partial charge in [0.1, 0.15) is 5.52 Å². The van der Waals surface area contributed by atoms with E-state index in [1.807, 2.05) is 32.0 Å². The van der Waals surface area contributed by atoms with Crippen LogP contribution in [0.15, 0.2) is 29.4 Å². The summed E-state index contributed by atoms with van der Waals surface area (Å²) in [6.07, 6.45) is 0.914. The van der Waals surface area contributed by atoms with Crippen molar-refractivity contribution in [2.24, 2.45) is 0 Å². The average Bonchev–Trinajstić information content (AvgIpc) is 2.92. The third kappa shape index (κ3) is 3.21. The highest BCUT2D eigenvalue weighted by Crippen LogP contribution is 2.26. The molecule has 0 bridgehead atoms. The lowest BCUT2D eigenvalue weighted by Gasteiger charge is -2.10. The molecule has 24 heavy (non-hydrogen) atoms. The summed E-state index contributed by atoms with van der Waals surface area (Å²) in [5.41, 5.74) is 2.73. The topological polar surface area (TPSA) is 72.7 Å². The molecular weight excluding hydrogens is 322 g/mol. The molecule has 3 aromatic rings. The molecule has 0 saturated carbocycles. The molecule has 6 nitrogen and oxygen atoms in total. The number of carbonyl (C=O) groups is 1. The maximum atomic E-state index is 11.9. The molecule has 1 amide bonds. The number of nitrogens with zero attached hydrogens (tertiary/aromatic N) is 4. The Labute approximate surface area is 145 Å². The quantitative estimate of drug-likeness (QED) is 0.697. The van der Waals surface area contributed by atoms with Gasteiger partial charge in [-0.1, -0.05) is 36.9 Å². The maximum absolute atomic E-state index is 11.9. The highest BCUT2D eigenvalue weighted by molar-refractivity contribution is 7.99. The van der Waals surface area contributed by atoms with Crippen molar-refractivity contribution >= 4 is 39.7 Å². The zero-order chi connectivity index (χ0) is 17.1. The Bertz CT molecular complexity index is 876. The van der Waals surface area contributed by atoms with Gasteiger partial charge in [0.25, 0.3) is 0 Å². The van der Waals surface area contributed by atoms with E-state index in [9.17, 15) is 4.79 Å². The highest BCUT2D eigenvalue weighted by Gasteiger charge is 2.14. The molecule has 0 unspecified atom stereocenters. The molecule has 0 saturated heterocycles. The van der Waals surface area contributed by atoms with Crippen LogP contribution in [0.2, 0.25) is 0 Å². The van der Waals surface area contributed by atoms with Crippen LogP contribution in [0.3, 0.4) is 0 Å². The first-order chi connectivity index (χ1) is 11.6. The van der Waals surface area contributed by atoms with Crippen molar-refractivity contribution in [3.63, 3.8) is 0 Å². The molecule has 0 spiro atoms. The summed E-state index contributed by atoms with van der Waals surface area (Å²) in [7, 11) is 0. The lowest BCUT2D eigenvalue weighted by atomic mass is 10.2. The van der Waals surface area contributed by atoms with E-state index in [1.54, 1.807) is 0 Å². The summed E-state index contributed by atoms with van der Waals surface area (Å²) in [4.78, 5) is 16.5. The number of nitrogens with one attached hydrogen (secondary N) is 1. The van der Waals surface area contributed by atoms with Crippen LogP contribution >= 0.6 is 11.8 Å². The summed E-state index contributed by atoms with van der Waals surface area (Å²) in [6.45, 7) is 6.93. The molecule has 0 fully saturated rings. The Kier molecular flexibility index (Phi) is 4.99. The predicted octanol–water partition coefficient (Wildman–Crippen LogP) is 3.01. The molecule has 1 atom stereocenters. The smallest absolute Gasteiger partial charge is 0.230 e. The second kappa shape index (κ2) is 7.17. The van der Waals surface area contributed by atoms with Crippen LogP contribution < -0.4 is 5.32 Å². The fraction of sp³-hybridized carbons (Fsp3) is 0.412. The maximum Gasteiger partial charge on any atom is 0.230 e. The Morgan fingerprint density at radius 2 is 2.08 bits per heavy atom. The molecule has 0 aliphatic heterocycles. The van der Waals surface area contributed by atoms with Gasteiger partial charge in [-0.15, -0.1) is 10.2 Å². The molecule has 2 heterocycles. The first-order valence-corrected chi connectivity index (χ1v) is 9.16. The van der Waals surface area contributed by atoms with Gasteiger partial charge >= 0.3 is 0 Å². The number of hydrogen-bond acceptors (Lipinski definition) is 5. The van der Waals surface area contributed by atoms with E-state index < -0.39 is 0 Å². The van der Waals surface area contributed by atoms with Crippen LogP contribution in [-0.4, -0.2) is 37.5 Å². The van der Waals surface area contributed by atoms with Gasteiger partial charge in [-0.2, -0.15) is 0 Å². The van der Waals surface area contributed by atoms with E-state index in [2.05, 4.69) is 38.1 Å². The minimum Gasteiger partial charge on any atom is -0.353 e. The van der Waals surface area contributed by atoms with Crippen molar-refractivity contribution < 1.29 is 4.79 Å². The summed E-state index contributed by atoms with van der Waals surface area (Å²) in [6, 6.07) is 8.28. The van der Waals surface area contributed by atoms with E-state index in [-0.39, 0.29) is 11.9 Å². The van der Waals surface area contributed by atoms with Gasteiger partial charge in [-0.25, -0.2) is 4.98 Å². The standard InChI is InChI=1S/C17H21N5OS/c1-4-11(3)18-14(23)10-24-17-19-16-15(20-21-17)12-8-6-7-9-13(12)22(16)5-2/h6-9,11H,4-5,10H2,1-3H3,(H,18,23)/t11-/m0/s1. The Morgan fingerprint density at radius 1 is 1.29 bits per heavy atom. The van der Waals surface area contributed by atoms with Crippen molar-refractivity contribution in [2.75, 3.05) is 5.75 Å². The zero-order valence-corrected chi connectivity index (χ0v) is 14.9. The molecule has 0 radical (unpaired) electrons. The monoisotopic (exact) mass is 343 g/mol. The molecule has 0 aliphatic rings. The number of amides is 1. The summed E-state index contributed by atoms with van der Waals surface area (Å²) in [5.74, 6) is 0.290. The number of fused-ring (bicyclic) bond motifs is 3. The second-order valence-corrected chi connectivity index (χ2v) is 6.64. The predicted molar refractivity (Wildman–Crippen MR) is 97.1 cm³/mol. The average molecular weight is 343 g/mol. The van der Waals surface area contributed by atoms with E-state index in [0.29, 0.717) is 10.9 Å². The number of aromatic nitrogens is 4. The molecule has 1 N–H and O–H groups in total. The number of aryl methyl sites for hydroxylation is 1. The Hall–Kier alpha value is -2.15. The van der Waals surface area contributed by atoms with Gasteiger partial charge < -0.3 is 9.88 Å². The number of para-hydroxylation sites is 1. The fourth-order valence-electron chi connectivity index (χ4n) is 2.62. The lowest BCUT2D eigenvalue weighted by molar-refractivity contribution is -0.119. The van der Waals surface area contributed by atoms with Crippen LogP contribution in [-0.2, 0) is 11.3 Å². The molecule has 126 valence electrons. The SMILES string of the molecule is CC[C@H](C)NC(=O)CSc1nnc2c3ccccc3n(CC)c2n1. The summed E-state index contributed by atoms with van der Waals surface area (Å²) < 4.78 is 2.13. The molecule has 0 aliphatic carbocycles. The van der Waals surface area contributed by atoms with Crippen molar-refractivity contribution in [2.45, 2.75) is 44.9 Å². The van der Waals surface area contributed by atoms with Gasteiger partial charge in [0, 0.05) is 18.0 Å². The van der Waals surface area contributed by atoms with Crippen molar-refractivity contribution in [3.8, 4) is 0 Å². The number of carbonyl (C=O) groups excluding carboxylic acids is 1. The summed E-state index contributed by atoms with van der Waals surface area (Å²) in [5, 5.41) is 13.1. The summed E-state index contributed by atoms with van der Waals surface area (Å²) >= 11 is 1.31. The molecule has 7 heteroatoms. The van der Waals surface area contributed by atoms with Gasteiger partial charge in [0.2, 0.25) is 11.1 Å². The number of benzene rings is 1. The van der Waals surface area contributed by atoms with Gasteiger partial charge in [-0.3, -0.25) is 4.79 Å². The van der Waals surface area contributed by atoms with Crippen LogP contribution in [0.1, 0.15) is 27.2 Å². The van der Waals surface area contributed by atoms with Crippen molar-refractivity contribution in [3.05, 3.63) is 24.3 Å². The van der Waals surface area contributed by atoms with Crippen LogP contribution in [0.25, 0.3) is 22.1 Å². The molecule has 1 aromatic carbocycles. The van der Waals surface area contributed by atoms with Crippen LogP contribution in [0.5, 0.6) is 0 Å². The van der Waals surface area contributed by atoms with E-state index in [0.717, 1.165) is 35.0 Å². The van der Waals surface area contributed by atoms with Crippen molar-refractivity contribution in [1.82, 2.24) is 25.1 Å². The van der Waals surface area contributed by atoms with Gasteiger partial charge in [-0.05, 0) is 26.3 Å². The lowest BCUT2D eigenvalue weighted by Crippen LogP contribution is -2.33. The largest absolute Gasteiger partial charge is 0.353 e. The fourth-order valence-corrected chi connectivity index (χ4v) is 3.21. The molecular formula is C17H21N5OS. The molecule has 3 rings (SSSR count). The van der Waals surface area contributed by atoms with Gasteiger partial charge in [0.05, 0.1) is 11.3 Å². The van der Waals surface area contributed by atoms with E-state index in [4.69, 9.17) is 0 Å². The third-order valence-electron chi connectivity index (χ3n) is 4.02. The molecule has 2 aromatic heterocycles. The van der Waals surface area contributed by atoms with Crippen LogP contribution in [0.4, 0.5) is 0 Å². The second-order valence-electron chi connectivity index (χ2n) is 5.69. The minimum atomic E-state index is -0.00548. The van der Waals surface area contributed by atoms with Crippen molar-refractivity contribution in [1.29, 1.82) is 0 Å². The Morgan fingerprint density at radius 3 is 2.83 bits per heavy atom. The number of rotatable bonds is 6. The third-order valence-corrected chi connectivity index (χ3v) is 4.86. The number of hydrogen-bond donors (Lipinski definition) is 1. The normalized spacial score (nSPS) is 12.6. The Balaban J connectivity index is 1.86. The van der Waals surface area contributed by atoms with E-state index in [1.165, 1.54) is 11.8 Å². The first kappa shape index (κ1) is 16.7. The van der Waals surface area contributed by atoms with Crippen LogP contribution in [0, 0.1) is 0 Å². The zero-order valence-electron chi connectivity index (χ0n) is 14.1. The number of thioether (sulfide) groups is 1. The highest BCUT2D eigenvalue weighted by atomic mass is 32.2.